The Morgan fingerprint density at radius 1 is 1.33 bits per heavy atom. The molecule has 146 valence electrons. The van der Waals surface area contributed by atoms with Gasteiger partial charge < -0.3 is 15.5 Å². The van der Waals surface area contributed by atoms with Crippen LogP contribution in [-0.4, -0.2) is 37.1 Å². The van der Waals surface area contributed by atoms with Crippen LogP contribution in [0.1, 0.15) is 23.1 Å². The van der Waals surface area contributed by atoms with E-state index < -0.39 is 0 Å². The second-order valence-electron chi connectivity index (χ2n) is 6.74. The Morgan fingerprint density at radius 2 is 2.15 bits per heavy atom. The van der Waals surface area contributed by atoms with Crippen LogP contribution in [0.3, 0.4) is 0 Å². The molecule has 1 unspecified atom stereocenters. The van der Waals surface area contributed by atoms with E-state index in [0.717, 1.165) is 25.5 Å². The predicted molar refractivity (Wildman–Crippen MR) is 119 cm³/mol. The molecule has 3 rings (SSSR count). The lowest BCUT2D eigenvalue weighted by atomic mass is 10.1. The smallest absolute Gasteiger partial charge is 0.191 e. The van der Waals surface area contributed by atoms with Gasteiger partial charge in [0, 0.05) is 38.9 Å². The Kier molecular flexibility index (Phi) is 7.82. The lowest BCUT2D eigenvalue weighted by Gasteiger charge is -2.20. The summed E-state index contributed by atoms with van der Waals surface area (Å²) in [6.45, 7) is 6.42. The molecule has 5 nitrogen and oxygen atoms in total. The summed E-state index contributed by atoms with van der Waals surface area (Å²) in [6.07, 6.45) is 2.55. The van der Waals surface area contributed by atoms with Crippen molar-refractivity contribution >= 4 is 35.8 Å². The number of pyridine rings is 1. The third kappa shape index (κ3) is 5.54. The molecule has 0 amide bonds. The minimum atomic E-state index is -0.273. The first kappa shape index (κ1) is 21.4. The highest BCUT2D eigenvalue weighted by Gasteiger charge is 2.25. The molecule has 0 bridgehead atoms. The summed E-state index contributed by atoms with van der Waals surface area (Å²) in [5, 5.41) is 6.80. The summed E-state index contributed by atoms with van der Waals surface area (Å²) in [4.78, 5) is 10.5. The SMILES string of the molecule is CN=C(NCc1ccc(C)cc1C)NC1CCN(c2ncccc2F)C1.I. The number of nitrogens with one attached hydrogen (secondary N) is 2. The number of hydrogen-bond acceptors (Lipinski definition) is 3. The van der Waals surface area contributed by atoms with Gasteiger partial charge in [-0.1, -0.05) is 23.8 Å². The van der Waals surface area contributed by atoms with Gasteiger partial charge in [-0.25, -0.2) is 9.37 Å². The first-order chi connectivity index (χ1) is 12.6. The van der Waals surface area contributed by atoms with Crippen LogP contribution >= 0.6 is 24.0 Å². The van der Waals surface area contributed by atoms with Crippen LogP contribution in [0, 0.1) is 19.7 Å². The Morgan fingerprint density at radius 3 is 2.85 bits per heavy atom. The van der Waals surface area contributed by atoms with Gasteiger partial charge in [-0.3, -0.25) is 4.99 Å². The van der Waals surface area contributed by atoms with Crippen molar-refractivity contribution in [2.75, 3.05) is 25.0 Å². The quantitative estimate of drug-likeness (QED) is 0.398. The van der Waals surface area contributed by atoms with Crippen molar-refractivity contribution in [3.05, 3.63) is 59.0 Å². The van der Waals surface area contributed by atoms with Crippen molar-refractivity contribution in [3.63, 3.8) is 0 Å². The molecular formula is C20H27FIN5. The highest BCUT2D eigenvalue weighted by molar-refractivity contribution is 14.0. The highest BCUT2D eigenvalue weighted by atomic mass is 127. The first-order valence-corrected chi connectivity index (χ1v) is 8.95. The largest absolute Gasteiger partial charge is 0.352 e. The van der Waals surface area contributed by atoms with E-state index >= 15 is 0 Å². The number of guanidine groups is 1. The number of rotatable bonds is 4. The van der Waals surface area contributed by atoms with Crippen molar-refractivity contribution in [2.45, 2.75) is 32.9 Å². The molecule has 0 spiro atoms. The van der Waals surface area contributed by atoms with E-state index in [1.807, 2.05) is 4.90 Å². The van der Waals surface area contributed by atoms with Crippen LogP contribution in [-0.2, 0) is 6.54 Å². The topological polar surface area (TPSA) is 52.6 Å². The van der Waals surface area contributed by atoms with Crippen LogP contribution in [0.15, 0.2) is 41.5 Å². The van der Waals surface area contributed by atoms with Crippen molar-refractivity contribution in [1.29, 1.82) is 0 Å². The van der Waals surface area contributed by atoms with Crippen LogP contribution < -0.4 is 15.5 Å². The molecule has 1 aliphatic heterocycles. The molecule has 0 aliphatic carbocycles. The van der Waals surface area contributed by atoms with Gasteiger partial charge in [-0.2, -0.15) is 0 Å². The van der Waals surface area contributed by atoms with Gasteiger partial charge in [0.1, 0.15) is 0 Å². The molecule has 2 heterocycles. The second-order valence-corrected chi connectivity index (χ2v) is 6.74. The number of aliphatic imine (C=N–C) groups is 1. The highest BCUT2D eigenvalue weighted by Crippen LogP contribution is 2.20. The Bertz CT molecular complexity index is 796. The zero-order valence-corrected chi connectivity index (χ0v) is 18.3. The van der Waals surface area contributed by atoms with E-state index in [0.29, 0.717) is 12.4 Å². The Labute approximate surface area is 177 Å². The van der Waals surface area contributed by atoms with Gasteiger partial charge in [0.15, 0.2) is 17.6 Å². The fraction of sp³-hybridized carbons (Fsp3) is 0.400. The number of aromatic nitrogens is 1. The number of nitrogens with zero attached hydrogens (tertiary/aromatic N) is 3. The summed E-state index contributed by atoms with van der Waals surface area (Å²) in [7, 11) is 1.77. The third-order valence-corrected chi connectivity index (χ3v) is 4.74. The standard InChI is InChI=1S/C20H26FN5.HI/c1-14-6-7-16(15(2)11-14)12-24-20(22-3)25-17-8-10-26(13-17)19-18(21)5-4-9-23-19;/h4-7,9,11,17H,8,10,12-13H2,1-3H3,(H2,22,24,25);1H. The molecule has 1 aromatic heterocycles. The molecule has 1 aliphatic rings. The van der Waals surface area contributed by atoms with E-state index in [2.05, 4.69) is 52.7 Å². The molecule has 1 atom stereocenters. The maximum atomic E-state index is 13.9. The molecule has 1 aromatic carbocycles. The molecule has 2 N–H and O–H groups in total. The van der Waals surface area contributed by atoms with E-state index in [1.54, 1.807) is 19.3 Å². The number of anilines is 1. The lowest BCUT2D eigenvalue weighted by Crippen LogP contribution is -2.44. The van der Waals surface area contributed by atoms with Gasteiger partial charge in [0.2, 0.25) is 0 Å². The summed E-state index contributed by atoms with van der Waals surface area (Å²) in [6, 6.07) is 9.73. The zero-order chi connectivity index (χ0) is 18.5. The van der Waals surface area contributed by atoms with Gasteiger partial charge in [-0.15, -0.1) is 24.0 Å². The third-order valence-electron chi connectivity index (χ3n) is 4.74. The van der Waals surface area contributed by atoms with Crippen molar-refractivity contribution in [2.24, 2.45) is 4.99 Å². The zero-order valence-electron chi connectivity index (χ0n) is 16.0. The minimum absolute atomic E-state index is 0. The van der Waals surface area contributed by atoms with Gasteiger partial charge in [0.05, 0.1) is 0 Å². The molecule has 1 saturated heterocycles. The summed E-state index contributed by atoms with van der Waals surface area (Å²) < 4.78 is 13.9. The maximum Gasteiger partial charge on any atom is 0.191 e. The molecular weight excluding hydrogens is 456 g/mol. The fourth-order valence-corrected chi connectivity index (χ4v) is 3.29. The van der Waals surface area contributed by atoms with Crippen molar-refractivity contribution < 1.29 is 4.39 Å². The second kappa shape index (κ2) is 9.87. The van der Waals surface area contributed by atoms with Crippen molar-refractivity contribution in [1.82, 2.24) is 15.6 Å². The molecule has 0 saturated carbocycles. The molecule has 27 heavy (non-hydrogen) atoms. The van der Waals surface area contributed by atoms with Crippen LogP contribution in [0.5, 0.6) is 0 Å². The summed E-state index contributed by atoms with van der Waals surface area (Å²) in [5.74, 6) is 0.916. The van der Waals surface area contributed by atoms with E-state index in [9.17, 15) is 4.39 Å². The van der Waals surface area contributed by atoms with E-state index in [1.165, 1.54) is 22.8 Å². The molecule has 1 fully saturated rings. The van der Waals surface area contributed by atoms with Gasteiger partial charge in [0.25, 0.3) is 0 Å². The van der Waals surface area contributed by atoms with Gasteiger partial charge >= 0.3 is 0 Å². The predicted octanol–water partition coefficient (Wildman–Crippen LogP) is 3.40. The monoisotopic (exact) mass is 483 g/mol. The average molecular weight is 483 g/mol. The summed E-state index contributed by atoms with van der Waals surface area (Å²) in [5.41, 5.74) is 3.79. The number of aryl methyl sites for hydroxylation is 2. The van der Waals surface area contributed by atoms with Gasteiger partial charge in [-0.05, 0) is 43.5 Å². The summed E-state index contributed by atoms with van der Waals surface area (Å²) >= 11 is 0. The molecule has 0 radical (unpaired) electrons. The molecule has 2 aromatic rings. The van der Waals surface area contributed by atoms with Crippen LogP contribution in [0.4, 0.5) is 10.2 Å². The Balaban J connectivity index is 0.00000261. The fourth-order valence-electron chi connectivity index (χ4n) is 3.29. The molecule has 7 heteroatoms. The van der Waals surface area contributed by atoms with E-state index in [-0.39, 0.29) is 35.8 Å². The lowest BCUT2D eigenvalue weighted by molar-refractivity contribution is 0.612. The first-order valence-electron chi connectivity index (χ1n) is 8.95. The maximum absolute atomic E-state index is 13.9. The Hall–Kier alpha value is -1.90. The normalized spacial score (nSPS) is 16.8. The van der Waals surface area contributed by atoms with E-state index in [4.69, 9.17) is 0 Å². The minimum Gasteiger partial charge on any atom is -0.352 e. The average Bonchev–Trinajstić information content (AvgIpc) is 3.08. The van der Waals surface area contributed by atoms with Crippen LogP contribution in [0.25, 0.3) is 0 Å². The number of hydrogen-bond donors (Lipinski definition) is 2. The number of halogens is 2. The van der Waals surface area contributed by atoms with Crippen molar-refractivity contribution in [3.8, 4) is 0 Å². The van der Waals surface area contributed by atoms with Crippen LogP contribution in [0.2, 0.25) is 0 Å². The number of benzene rings is 1.